The lowest BCUT2D eigenvalue weighted by molar-refractivity contribution is -0.144. The molecule has 0 bridgehead atoms. The number of methoxy groups -OCH3 is 1. The molecule has 0 aromatic carbocycles. The molecule has 1 atom stereocenters. The third kappa shape index (κ3) is 5.41. The van der Waals surface area contributed by atoms with Crippen LogP contribution < -0.4 is 11.1 Å². The van der Waals surface area contributed by atoms with Crippen molar-refractivity contribution in [3.8, 4) is 0 Å². The highest BCUT2D eigenvalue weighted by atomic mass is 35.5. The highest BCUT2D eigenvalue weighted by molar-refractivity contribution is 5.89. The maximum atomic E-state index is 12.2. The Morgan fingerprint density at radius 2 is 2.21 bits per heavy atom. The van der Waals surface area contributed by atoms with Crippen LogP contribution in [-0.4, -0.2) is 40.8 Å². The molecule has 1 heterocycles. The molecule has 1 unspecified atom stereocenters. The average Bonchev–Trinajstić information content (AvgIpc) is 2.74. The summed E-state index contributed by atoms with van der Waals surface area (Å²) in [6, 6.07) is 0. The molecule has 0 spiro atoms. The maximum absolute atomic E-state index is 12.2. The number of amides is 1. The van der Waals surface area contributed by atoms with Gasteiger partial charge in [0.25, 0.3) is 0 Å². The van der Waals surface area contributed by atoms with E-state index in [9.17, 15) is 18.0 Å². The summed E-state index contributed by atoms with van der Waals surface area (Å²) in [5.41, 5.74) is 5.29. The molecule has 1 amide bonds. The van der Waals surface area contributed by atoms with E-state index in [1.807, 2.05) is 0 Å². The minimum atomic E-state index is -4.64. The molecular formula is C8H13ClF3N5O2. The normalized spacial score (nSPS) is 12.7. The van der Waals surface area contributed by atoms with Gasteiger partial charge in [0.1, 0.15) is 0 Å². The first kappa shape index (κ1) is 17.6. The van der Waals surface area contributed by atoms with Crippen LogP contribution in [0.2, 0.25) is 0 Å². The average molecular weight is 304 g/mol. The number of hydrogen-bond acceptors (Lipinski definition) is 5. The van der Waals surface area contributed by atoms with Crippen molar-refractivity contribution in [2.45, 2.75) is 18.7 Å². The van der Waals surface area contributed by atoms with Crippen LogP contribution in [0, 0.1) is 0 Å². The van der Waals surface area contributed by atoms with Gasteiger partial charge in [-0.15, -0.1) is 17.5 Å². The molecule has 0 aliphatic rings. The number of H-pyrrole nitrogens is 1. The van der Waals surface area contributed by atoms with E-state index in [4.69, 9.17) is 10.5 Å². The molecule has 1 rings (SSSR count). The number of nitrogens with zero attached hydrogens (tertiary/aromatic N) is 2. The zero-order valence-electron chi connectivity index (χ0n) is 9.82. The Labute approximate surface area is 112 Å². The van der Waals surface area contributed by atoms with E-state index >= 15 is 0 Å². The number of nitrogens with two attached hydrogens (primary N) is 1. The van der Waals surface area contributed by atoms with Crippen molar-refractivity contribution in [2.75, 3.05) is 19.0 Å². The van der Waals surface area contributed by atoms with Crippen LogP contribution in [0.5, 0.6) is 0 Å². The van der Waals surface area contributed by atoms with Gasteiger partial charge in [-0.1, -0.05) is 0 Å². The highest BCUT2D eigenvalue weighted by Gasteiger charge is 2.35. The van der Waals surface area contributed by atoms with Gasteiger partial charge >= 0.3 is 6.18 Å². The van der Waals surface area contributed by atoms with Crippen molar-refractivity contribution < 1.29 is 22.7 Å². The van der Waals surface area contributed by atoms with E-state index in [1.54, 1.807) is 5.10 Å². The number of aromatic nitrogens is 3. The van der Waals surface area contributed by atoms with Gasteiger partial charge in [-0.3, -0.25) is 15.2 Å². The zero-order valence-corrected chi connectivity index (χ0v) is 10.6. The van der Waals surface area contributed by atoms with Gasteiger partial charge in [-0.2, -0.15) is 18.2 Å². The molecule has 0 saturated carbocycles. The molecule has 110 valence electrons. The molecule has 1 aromatic heterocycles. The molecule has 0 fully saturated rings. The Bertz CT molecular complexity index is 407. The summed E-state index contributed by atoms with van der Waals surface area (Å²) in [4.78, 5) is 14.5. The second-order valence-corrected chi connectivity index (χ2v) is 3.35. The largest absolute Gasteiger partial charge is 0.451 e. The van der Waals surface area contributed by atoms with Crippen molar-refractivity contribution in [3.05, 3.63) is 5.82 Å². The van der Waals surface area contributed by atoms with Gasteiger partial charge in [0.2, 0.25) is 17.7 Å². The number of halogens is 4. The van der Waals surface area contributed by atoms with Crippen LogP contribution in [0.1, 0.15) is 12.2 Å². The molecule has 0 saturated heterocycles. The summed E-state index contributed by atoms with van der Waals surface area (Å²) in [5.74, 6) is -2.31. The van der Waals surface area contributed by atoms with Crippen LogP contribution in [0.15, 0.2) is 0 Å². The monoisotopic (exact) mass is 303 g/mol. The van der Waals surface area contributed by atoms with E-state index < -0.39 is 30.0 Å². The Balaban J connectivity index is 0.00000324. The van der Waals surface area contributed by atoms with Gasteiger partial charge in [-0.05, 0) is 0 Å². The molecule has 1 aromatic rings. The van der Waals surface area contributed by atoms with Crippen LogP contribution >= 0.6 is 12.4 Å². The minimum absolute atomic E-state index is 0. The number of ether oxygens (including phenoxy) is 1. The molecule has 19 heavy (non-hydrogen) atoms. The van der Waals surface area contributed by atoms with Crippen LogP contribution in [-0.2, 0) is 15.7 Å². The van der Waals surface area contributed by atoms with Gasteiger partial charge in [0.15, 0.2) is 0 Å². The Morgan fingerprint density at radius 3 is 2.63 bits per heavy atom. The fourth-order valence-corrected chi connectivity index (χ4v) is 1.09. The van der Waals surface area contributed by atoms with E-state index in [2.05, 4.69) is 15.4 Å². The molecule has 11 heteroatoms. The third-order valence-corrected chi connectivity index (χ3v) is 2.01. The van der Waals surface area contributed by atoms with Gasteiger partial charge in [-0.25, -0.2) is 0 Å². The smallest absolute Gasteiger partial charge is 0.380 e. The summed E-state index contributed by atoms with van der Waals surface area (Å²) in [5, 5.41) is 7.00. The summed E-state index contributed by atoms with van der Waals surface area (Å²) in [6.45, 7) is 0.117. The number of alkyl halides is 3. The van der Waals surface area contributed by atoms with Crippen LogP contribution in [0.3, 0.4) is 0 Å². The molecule has 7 nitrogen and oxygen atoms in total. The second kappa shape index (κ2) is 7.26. The van der Waals surface area contributed by atoms with E-state index in [0.717, 1.165) is 0 Å². The number of hydrogen-bond donors (Lipinski definition) is 3. The maximum Gasteiger partial charge on any atom is 0.451 e. The fraction of sp³-hybridized carbons (Fsp3) is 0.625. The SMILES string of the molecule is COC(CN)CC(=O)Nc1n[nH]c(C(F)(F)F)n1.Cl. The van der Waals surface area contributed by atoms with Crippen molar-refractivity contribution in [3.63, 3.8) is 0 Å². The zero-order chi connectivity index (χ0) is 13.8. The van der Waals surface area contributed by atoms with E-state index in [-0.39, 0.29) is 25.4 Å². The predicted octanol–water partition coefficient (Wildman–Crippen LogP) is 0.548. The Kier molecular flexibility index (Phi) is 6.73. The van der Waals surface area contributed by atoms with Gasteiger partial charge in [0.05, 0.1) is 12.5 Å². The molecule has 0 aliphatic carbocycles. The molecule has 0 aliphatic heterocycles. The standard InChI is InChI=1S/C8H12F3N5O2.ClH/c1-18-4(3-12)2-5(17)13-7-14-6(15-16-7)8(9,10)11;/h4H,2-3,12H2,1H3,(H2,13,14,15,16,17);1H. The highest BCUT2D eigenvalue weighted by Crippen LogP contribution is 2.26. The van der Waals surface area contributed by atoms with Crippen molar-refractivity contribution in [2.24, 2.45) is 5.73 Å². The molecule has 4 N–H and O–H groups in total. The quantitative estimate of drug-likeness (QED) is 0.736. The first-order chi connectivity index (χ1) is 8.36. The first-order valence-electron chi connectivity index (χ1n) is 4.89. The number of nitrogens with one attached hydrogen (secondary N) is 2. The number of carbonyl (C=O) groups excluding carboxylic acids is 1. The number of rotatable bonds is 5. The summed E-state index contributed by atoms with van der Waals surface area (Å²) in [6.07, 6.45) is -5.24. The Hall–Kier alpha value is -1.39. The summed E-state index contributed by atoms with van der Waals surface area (Å²) in [7, 11) is 1.37. The van der Waals surface area contributed by atoms with Crippen molar-refractivity contribution in [1.29, 1.82) is 0 Å². The lowest BCUT2D eigenvalue weighted by Gasteiger charge is -2.11. The topological polar surface area (TPSA) is 106 Å². The number of carbonyl (C=O) groups is 1. The van der Waals surface area contributed by atoms with Gasteiger partial charge in [0, 0.05) is 13.7 Å². The van der Waals surface area contributed by atoms with Crippen molar-refractivity contribution >= 4 is 24.3 Å². The number of aromatic amines is 1. The van der Waals surface area contributed by atoms with E-state index in [1.165, 1.54) is 7.11 Å². The summed E-state index contributed by atoms with van der Waals surface area (Å²) < 4.78 is 41.4. The molecule has 0 radical (unpaired) electrons. The lowest BCUT2D eigenvalue weighted by Crippen LogP contribution is -2.28. The van der Waals surface area contributed by atoms with Gasteiger partial charge < -0.3 is 10.5 Å². The third-order valence-electron chi connectivity index (χ3n) is 2.01. The van der Waals surface area contributed by atoms with Crippen LogP contribution in [0.4, 0.5) is 19.1 Å². The van der Waals surface area contributed by atoms with Crippen LogP contribution in [0.25, 0.3) is 0 Å². The minimum Gasteiger partial charge on any atom is -0.380 e. The fourth-order valence-electron chi connectivity index (χ4n) is 1.09. The summed E-state index contributed by atoms with van der Waals surface area (Å²) >= 11 is 0. The first-order valence-corrected chi connectivity index (χ1v) is 4.89. The number of anilines is 1. The predicted molar refractivity (Wildman–Crippen MR) is 61.7 cm³/mol. The molecular weight excluding hydrogens is 291 g/mol. The lowest BCUT2D eigenvalue weighted by atomic mass is 10.2. The van der Waals surface area contributed by atoms with Crippen molar-refractivity contribution in [1.82, 2.24) is 15.2 Å². The Morgan fingerprint density at radius 1 is 1.58 bits per heavy atom. The van der Waals surface area contributed by atoms with E-state index in [0.29, 0.717) is 0 Å². The second-order valence-electron chi connectivity index (χ2n) is 3.35.